The lowest BCUT2D eigenvalue weighted by atomic mass is 10.1. The van der Waals surface area contributed by atoms with Gasteiger partial charge in [0, 0.05) is 5.39 Å². The van der Waals surface area contributed by atoms with Crippen molar-refractivity contribution in [1.29, 1.82) is 0 Å². The second kappa shape index (κ2) is 5.61. The highest BCUT2D eigenvalue weighted by atomic mass is 35.5. The minimum atomic E-state index is -0.508. The van der Waals surface area contributed by atoms with Crippen LogP contribution in [0.4, 0.5) is 11.4 Å². The lowest BCUT2D eigenvalue weighted by molar-refractivity contribution is 0.481. The van der Waals surface area contributed by atoms with Gasteiger partial charge in [0.2, 0.25) is 0 Å². The molecule has 0 fully saturated rings. The molecular formula is C16H12ClN3O2. The molecule has 0 aliphatic carbocycles. The van der Waals surface area contributed by atoms with Crippen molar-refractivity contribution in [2.75, 3.05) is 0 Å². The molecular weight excluding hydrogens is 302 g/mol. The fourth-order valence-corrected chi connectivity index (χ4v) is 2.29. The summed E-state index contributed by atoms with van der Waals surface area (Å²) in [5.41, 5.74) is 1.31. The largest absolute Gasteiger partial charge is 0.505 e. The first-order chi connectivity index (χ1) is 10.6. The van der Waals surface area contributed by atoms with Gasteiger partial charge in [0.05, 0.1) is 10.5 Å². The van der Waals surface area contributed by atoms with Crippen molar-refractivity contribution in [2.24, 2.45) is 10.2 Å². The van der Waals surface area contributed by atoms with Crippen molar-refractivity contribution in [1.82, 2.24) is 4.98 Å². The maximum atomic E-state index is 12.1. The van der Waals surface area contributed by atoms with Gasteiger partial charge in [-0.3, -0.25) is 4.79 Å². The van der Waals surface area contributed by atoms with Crippen molar-refractivity contribution in [3.8, 4) is 5.75 Å². The Kier molecular flexibility index (Phi) is 3.65. The number of hydrogen-bond acceptors (Lipinski definition) is 4. The summed E-state index contributed by atoms with van der Waals surface area (Å²) in [6.07, 6.45) is 0. The molecule has 1 aromatic heterocycles. The van der Waals surface area contributed by atoms with E-state index < -0.39 is 5.56 Å². The average molecular weight is 314 g/mol. The third-order valence-corrected chi connectivity index (χ3v) is 3.55. The second-order valence-electron chi connectivity index (χ2n) is 4.85. The number of nitrogens with zero attached hydrogens (tertiary/aromatic N) is 2. The minimum absolute atomic E-state index is 0.142. The highest BCUT2D eigenvalue weighted by molar-refractivity contribution is 6.32. The number of azo groups is 1. The Balaban J connectivity index is 2.14. The highest BCUT2D eigenvalue weighted by Crippen LogP contribution is 2.32. The summed E-state index contributed by atoms with van der Waals surface area (Å²) in [4.78, 5) is 14.8. The number of aromatic nitrogens is 1. The van der Waals surface area contributed by atoms with Crippen LogP contribution in [0.15, 0.2) is 57.5 Å². The summed E-state index contributed by atoms with van der Waals surface area (Å²) in [5, 5.41) is 19.0. The first kappa shape index (κ1) is 14.3. The van der Waals surface area contributed by atoms with E-state index >= 15 is 0 Å². The molecule has 2 aromatic carbocycles. The number of benzene rings is 2. The number of aromatic hydroxyl groups is 1. The average Bonchev–Trinajstić information content (AvgIpc) is 2.48. The van der Waals surface area contributed by atoms with Crippen LogP contribution in [0, 0.1) is 6.92 Å². The van der Waals surface area contributed by atoms with Gasteiger partial charge in [-0.15, -0.1) is 10.2 Å². The van der Waals surface area contributed by atoms with Crippen LogP contribution in [0.5, 0.6) is 5.75 Å². The SMILES string of the molecule is Cc1ccc2c(O)c(N=Nc3ccccc3Cl)c(=O)[nH]c2c1. The minimum Gasteiger partial charge on any atom is -0.505 e. The quantitative estimate of drug-likeness (QED) is 0.678. The Morgan fingerprint density at radius 1 is 1.14 bits per heavy atom. The van der Waals surface area contributed by atoms with E-state index in [-0.39, 0.29) is 11.4 Å². The van der Waals surface area contributed by atoms with Crippen molar-refractivity contribution in [3.05, 3.63) is 63.4 Å². The smallest absolute Gasteiger partial charge is 0.280 e. The van der Waals surface area contributed by atoms with Gasteiger partial charge in [0.25, 0.3) is 5.56 Å². The van der Waals surface area contributed by atoms with Gasteiger partial charge >= 0.3 is 0 Å². The van der Waals surface area contributed by atoms with Gasteiger partial charge in [0.15, 0.2) is 11.4 Å². The van der Waals surface area contributed by atoms with Crippen LogP contribution < -0.4 is 5.56 Å². The van der Waals surface area contributed by atoms with E-state index in [9.17, 15) is 9.90 Å². The lowest BCUT2D eigenvalue weighted by Crippen LogP contribution is -2.05. The van der Waals surface area contributed by atoms with E-state index in [1.54, 1.807) is 36.4 Å². The number of aromatic amines is 1. The van der Waals surface area contributed by atoms with Crippen LogP contribution in [-0.4, -0.2) is 10.1 Å². The van der Waals surface area contributed by atoms with E-state index in [1.807, 2.05) is 13.0 Å². The summed E-state index contributed by atoms with van der Waals surface area (Å²) in [7, 11) is 0. The van der Waals surface area contributed by atoms with Crippen LogP contribution in [0.3, 0.4) is 0 Å². The fraction of sp³-hybridized carbons (Fsp3) is 0.0625. The predicted octanol–water partition coefficient (Wildman–Crippen LogP) is 4.61. The second-order valence-corrected chi connectivity index (χ2v) is 5.26. The predicted molar refractivity (Wildman–Crippen MR) is 86.6 cm³/mol. The number of rotatable bonds is 2. The number of pyridine rings is 1. The number of hydrogen-bond donors (Lipinski definition) is 2. The molecule has 0 saturated heterocycles. The van der Waals surface area contributed by atoms with Crippen LogP contribution in [-0.2, 0) is 0 Å². The Morgan fingerprint density at radius 3 is 2.68 bits per heavy atom. The molecule has 0 saturated carbocycles. The van der Waals surface area contributed by atoms with Gasteiger partial charge in [-0.25, -0.2) is 0 Å². The van der Waals surface area contributed by atoms with Gasteiger partial charge in [-0.1, -0.05) is 29.8 Å². The molecule has 110 valence electrons. The van der Waals surface area contributed by atoms with Gasteiger partial charge in [0.1, 0.15) is 5.69 Å². The topological polar surface area (TPSA) is 77.8 Å². The van der Waals surface area contributed by atoms with E-state index in [1.165, 1.54) is 0 Å². The van der Waals surface area contributed by atoms with E-state index in [4.69, 9.17) is 11.6 Å². The van der Waals surface area contributed by atoms with Crippen molar-refractivity contribution in [2.45, 2.75) is 6.92 Å². The first-order valence-electron chi connectivity index (χ1n) is 6.58. The van der Waals surface area contributed by atoms with Crippen LogP contribution >= 0.6 is 11.6 Å². The van der Waals surface area contributed by atoms with Gasteiger partial charge in [-0.2, -0.15) is 0 Å². The van der Waals surface area contributed by atoms with Crippen LogP contribution in [0.2, 0.25) is 5.02 Å². The summed E-state index contributed by atoms with van der Waals surface area (Å²) in [6.45, 7) is 1.90. The van der Waals surface area contributed by atoms with E-state index in [0.29, 0.717) is 21.6 Å². The van der Waals surface area contributed by atoms with Crippen molar-refractivity contribution < 1.29 is 5.11 Å². The van der Waals surface area contributed by atoms with E-state index in [2.05, 4.69) is 15.2 Å². The molecule has 0 atom stereocenters. The molecule has 3 rings (SSSR count). The molecule has 0 spiro atoms. The molecule has 22 heavy (non-hydrogen) atoms. The molecule has 0 amide bonds. The molecule has 0 aliphatic heterocycles. The molecule has 2 N–H and O–H groups in total. The number of nitrogens with one attached hydrogen (secondary N) is 1. The summed E-state index contributed by atoms with van der Waals surface area (Å²) >= 11 is 5.98. The standard InChI is InChI=1S/C16H12ClN3O2/c1-9-6-7-10-13(8-9)18-16(22)14(15(10)21)20-19-12-5-3-2-4-11(12)17/h2-8H,1H3,(H2,18,21,22). The molecule has 0 radical (unpaired) electrons. The molecule has 6 heteroatoms. The van der Waals surface area contributed by atoms with Crippen LogP contribution in [0.25, 0.3) is 10.9 Å². The summed E-state index contributed by atoms with van der Waals surface area (Å²) in [5.74, 6) is -0.199. The summed E-state index contributed by atoms with van der Waals surface area (Å²) in [6, 6.07) is 12.2. The normalized spacial score (nSPS) is 11.4. The Labute approximate surface area is 130 Å². The maximum Gasteiger partial charge on any atom is 0.280 e. The van der Waals surface area contributed by atoms with E-state index in [0.717, 1.165) is 5.56 Å². The molecule has 0 aliphatic rings. The Morgan fingerprint density at radius 2 is 1.91 bits per heavy atom. The third kappa shape index (κ3) is 2.58. The zero-order valence-electron chi connectivity index (χ0n) is 11.7. The third-order valence-electron chi connectivity index (χ3n) is 3.23. The van der Waals surface area contributed by atoms with Gasteiger partial charge in [-0.05, 0) is 36.8 Å². The monoisotopic (exact) mass is 313 g/mol. The fourth-order valence-electron chi connectivity index (χ4n) is 2.11. The van der Waals surface area contributed by atoms with Crippen molar-refractivity contribution in [3.63, 3.8) is 0 Å². The molecule has 5 nitrogen and oxygen atoms in total. The first-order valence-corrected chi connectivity index (χ1v) is 6.96. The molecule has 1 heterocycles. The molecule has 0 bridgehead atoms. The van der Waals surface area contributed by atoms with Crippen LogP contribution in [0.1, 0.15) is 5.56 Å². The number of fused-ring (bicyclic) bond motifs is 1. The summed E-state index contributed by atoms with van der Waals surface area (Å²) < 4.78 is 0. The Bertz CT molecular complexity index is 948. The zero-order valence-corrected chi connectivity index (χ0v) is 12.4. The zero-order chi connectivity index (χ0) is 15.7. The number of aryl methyl sites for hydroxylation is 1. The van der Waals surface area contributed by atoms with Gasteiger partial charge < -0.3 is 10.1 Å². The number of H-pyrrole nitrogens is 1. The number of halogens is 1. The Hall–Kier alpha value is -2.66. The molecule has 0 unspecified atom stereocenters. The highest BCUT2D eigenvalue weighted by Gasteiger charge is 2.11. The maximum absolute atomic E-state index is 12.1. The lowest BCUT2D eigenvalue weighted by Gasteiger charge is -2.04. The molecule has 3 aromatic rings. The van der Waals surface area contributed by atoms with Crippen molar-refractivity contribution >= 4 is 33.9 Å².